The highest BCUT2D eigenvalue weighted by atomic mass is 16.7. The van der Waals surface area contributed by atoms with E-state index in [2.05, 4.69) is 18.3 Å². The van der Waals surface area contributed by atoms with Crippen LogP contribution >= 0.6 is 0 Å². The summed E-state index contributed by atoms with van der Waals surface area (Å²) in [5.74, 6) is 0.525. The van der Waals surface area contributed by atoms with Crippen LogP contribution in [0.1, 0.15) is 72.6 Å². The molecule has 0 bridgehead atoms. The summed E-state index contributed by atoms with van der Waals surface area (Å²) in [5, 5.41) is 12.5. The zero-order valence-corrected chi connectivity index (χ0v) is 18.6. The number of rotatable bonds is 7. The zero-order chi connectivity index (χ0) is 21.1. The van der Waals surface area contributed by atoms with E-state index < -0.39 is 11.4 Å². The van der Waals surface area contributed by atoms with Crippen molar-refractivity contribution in [2.45, 2.75) is 84.0 Å². The van der Waals surface area contributed by atoms with Gasteiger partial charge in [-0.25, -0.2) is 4.79 Å². The number of alkyl carbamates (subject to hydrolysis) is 1. The van der Waals surface area contributed by atoms with Crippen LogP contribution in [0.4, 0.5) is 4.79 Å². The van der Waals surface area contributed by atoms with Gasteiger partial charge in [0.1, 0.15) is 5.60 Å². The maximum atomic E-state index is 11.9. The van der Waals surface area contributed by atoms with Crippen LogP contribution in [-0.2, 0) is 14.2 Å². The van der Waals surface area contributed by atoms with E-state index in [1.165, 1.54) is 12.0 Å². The number of nitrogens with one attached hydrogen (secondary N) is 1. The SMILES string of the molecule is C[C@@H]1C[C@H]2CC=C(CCCNC(=O)OC(C)(C)C)[C@@]2(CCCO)C2(C1)OCCO2. The van der Waals surface area contributed by atoms with Crippen molar-refractivity contribution in [1.29, 1.82) is 0 Å². The number of amides is 1. The number of aliphatic hydroxyl groups is 1. The van der Waals surface area contributed by atoms with Gasteiger partial charge in [0, 0.05) is 25.0 Å². The minimum absolute atomic E-state index is 0.148. The molecule has 0 radical (unpaired) electrons. The van der Waals surface area contributed by atoms with Crippen molar-refractivity contribution in [3.8, 4) is 0 Å². The topological polar surface area (TPSA) is 77.0 Å². The normalized spacial score (nSPS) is 30.9. The lowest BCUT2D eigenvalue weighted by Gasteiger charge is -2.55. The molecule has 0 aromatic heterocycles. The molecule has 1 amide bonds. The minimum Gasteiger partial charge on any atom is -0.444 e. The van der Waals surface area contributed by atoms with Crippen LogP contribution < -0.4 is 5.32 Å². The molecule has 1 spiro atoms. The average molecular weight is 410 g/mol. The van der Waals surface area contributed by atoms with Crippen molar-refractivity contribution in [3.63, 3.8) is 0 Å². The summed E-state index contributed by atoms with van der Waals surface area (Å²) in [6.45, 7) is 9.96. The highest BCUT2D eigenvalue weighted by molar-refractivity contribution is 5.67. The van der Waals surface area contributed by atoms with Crippen LogP contribution in [0, 0.1) is 17.3 Å². The highest BCUT2D eigenvalue weighted by Crippen LogP contribution is 2.64. The molecular weight excluding hydrogens is 370 g/mol. The van der Waals surface area contributed by atoms with Gasteiger partial charge < -0.3 is 24.6 Å². The molecule has 6 nitrogen and oxygen atoms in total. The second-order valence-corrected chi connectivity index (χ2v) is 9.99. The summed E-state index contributed by atoms with van der Waals surface area (Å²) in [6.07, 6.45) is 8.58. The van der Waals surface area contributed by atoms with E-state index in [4.69, 9.17) is 14.2 Å². The average Bonchev–Trinajstić information content (AvgIpc) is 3.22. The molecule has 6 heteroatoms. The van der Waals surface area contributed by atoms with Gasteiger partial charge >= 0.3 is 6.09 Å². The molecule has 1 saturated carbocycles. The summed E-state index contributed by atoms with van der Waals surface area (Å²) < 4.78 is 18.0. The molecule has 3 aliphatic rings. The Morgan fingerprint density at radius 2 is 2.03 bits per heavy atom. The summed E-state index contributed by atoms with van der Waals surface area (Å²) in [4.78, 5) is 11.9. The first-order chi connectivity index (χ1) is 13.7. The van der Waals surface area contributed by atoms with Crippen molar-refractivity contribution in [1.82, 2.24) is 5.32 Å². The number of ether oxygens (including phenoxy) is 3. The van der Waals surface area contributed by atoms with Gasteiger partial charge in [0.2, 0.25) is 0 Å². The maximum Gasteiger partial charge on any atom is 0.407 e. The van der Waals surface area contributed by atoms with Crippen molar-refractivity contribution in [2.75, 3.05) is 26.4 Å². The minimum atomic E-state index is -0.550. The monoisotopic (exact) mass is 409 g/mol. The van der Waals surface area contributed by atoms with E-state index >= 15 is 0 Å². The van der Waals surface area contributed by atoms with E-state index in [0.29, 0.717) is 31.6 Å². The summed E-state index contributed by atoms with van der Waals surface area (Å²) in [6, 6.07) is 0. The molecule has 3 rings (SSSR count). The predicted octanol–water partition coefficient (Wildman–Crippen LogP) is 4.17. The van der Waals surface area contributed by atoms with Crippen LogP contribution in [0.3, 0.4) is 0 Å². The van der Waals surface area contributed by atoms with E-state index in [1.54, 1.807) is 0 Å². The van der Waals surface area contributed by atoms with Gasteiger partial charge in [0.05, 0.1) is 13.2 Å². The standard InChI is InChI=1S/C23H39NO5/c1-17-15-19-9-8-18(7-5-11-24-20(26)29-21(2,3)4)22(19,10-6-12-25)23(16-17)27-13-14-28-23/h8,17,19,25H,5-7,9-16H2,1-4H3,(H,24,26)/t17-,19-,22-/m1/s1. The third-order valence-corrected chi connectivity index (χ3v) is 6.68. The third kappa shape index (κ3) is 4.64. The number of carbonyl (C=O) groups excluding carboxylic acids is 1. The molecule has 0 unspecified atom stereocenters. The Labute approximate surface area is 175 Å². The van der Waals surface area contributed by atoms with E-state index in [1.807, 2.05) is 20.8 Å². The molecule has 3 atom stereocenters. The molecule has 0 aromatic carbocycles. The predicted molar refractivity (Wildman–Crippen MR) is 111 cm³/mol. The summed E-state index contributed by atoms with van der Waals surface area (Å²) in [5.41, 5.74) is 0.767. The van der Waals surface area contributed by atoms with Crippen LogP contribution in [0.15, 0.2) is 11.6 Å². The number of hydrogen-bond donors (Lipinski definition) is 2. The molecule has 29 heavy (non-hydrogen) atoms. The Balaban J connectivity index is 1.68. The van der Waals surface area contributed by atoms with Gasteiger partial charge in [-0.15, -0.1) is 0 Å². The molecule has 2 aliphatic carbocycles. The van der Waals surface area contributed by atoms with Gasteiger partial charge in [0.25, 0.3) is 0 Å². The fraction of sp³-hybridized carbons (Fsp3) is 0.870. The molecule has 1 aliphatic heterocycles. The summed E-state index contributed by atoms with van der Waals surface area (Å²) >= 11 is 0. The zero-order valence-electron chi connectivity index (χ0n) is 18.6. The molecular formula is C23H39NO5. The van der Waals surface area contributed by atoms with Gasteiger partial charge in [0.15, 0.2) is 5.79 Å². The lowest BCUT2D eigenvalue weighted by Crippen LogP contribution is -2.57. The first-order valence-corrected chi connectivity index (χ1v) is 11.3. The third-order valence-electron chi connectivity index (χ3n) is 6.68. The van der Waals surface area contributed by atoms with E-state index in [9.17, 15) is 9.90 Å². The van der Waals surface area contributed by atoms with Crippen LogP contribution in [0.2, 0.25) is 0 Å². The van der Waals surface area contributed by atoms with Crippen molar-refractivity contribution in [2.24, 2.45) is 17.3 Å². The molecule has 1 heterocycles. The molecule has 2 fully saturated rings. The number of hydrogen-bond acceptors (Lipinski definition) is 5. The van der Waals surface area contributed by atoms with Crippen molar-refractivity contribution < 1.29 is 24.1 Å². The number of aliphatic hydroxyl groups excluding tert-OH is 1. The fourth-order valence-corrected chi connectivity index (χ4v) is 5.84. The van der Waals surface area contributed by atoms with Crippen molar-refractivity contribution >= 4 is 6.09 Å². The number of allylic oxidation sites excluding steroid dienone is 1. The Bertz CT molecular complexity index is 605. The quantitative estimate of drug-likeness (QED) is 0.487. The van der Waals surface area contributed by atoms with Gasteiger partial charge in [-0.1, -0.05) is 18.6 Å². The molecule has 166 valence electrons. The van der Waals surface area contributed by atoms with Crippen LogP contribution in [0.5, 0.6) is 0 Å². The van der Waals surface area contributed by atoms with E-state index in [-0.39, 0.29) is 18.1 Å². The van der Waals surface area contributed by atoms with Gasteiger partial charge in [-0.3, -0.25) is 0 Å². The second-order valence-electron chi connectivity index (χ2n) is 9.99. The smallest absolute Gasteiger partial charge is 0.407 e. The number of carbonyl (C=O) groups is 1. The van der Waals surface area contributed by atoms with Gasteiger partial charge in [-0.05, 0) is 71.1 Å². The Morgan fingerprint density at radius 3 is 2.69 bits per heavy atom. The largest absolute Gasteiger partial charge is 0.444 e. The van der Waals surface area contributed by atoms with E-state index in [0.717, 1.165) is 38.5 Å². The highest BCUT2D eigenvalue weighted by Gasteiger charge is 2.64. The molecule has 1 saturated heterocycles. The fourth-order valence-electron chi connectivity index (χ4n) is 5.84. The molecule has 2 N–H and O–H groups in total. The number of fused-ring (bicyclic) bond motifs is 2. The second kappa shape index (κ2) is 8.94. The Hall–Kier alpha value is -1.11. The lowest BCUT2D eigenvalue weighted by molar-refractivity contribution is -0.268. The van der Waals surface area contributed by atoms with Crippen molar-refractivity contribution in [3.05, 3.63) is 11.6 Å². The molecule has 0 aromatic rings. The van der Waals surface area contributed by atoms with Crippen LogP contribution in [0.25, 0.3) is 0 Å². The van der Waals surface area contributed by atoms with Gasteiger partial charge in [-0.2, -0.15) is 0 Å². The first kappa shape index (κ1) is 22.6. The Kier molecular flexibility index (Phi) is 6.96. The Morgan fingerprint density at radius 1 is 1.31 bits per heavy atom. The maximum absolute atomic E-state index is 11.9. The lowest BCUT2D eigenvalue weighted by atomic mass is 9.56. The summed E-state index contributed by atoms with van der Waals surface area (Å²) in [7, 11) is 0. The van der Waals surface area contributed by atoms with Crippen LogP contribution in [-0.4, -0.2) is 49.0 Å². The first-order valence-electron chi connectivity index (χ1n) is 11.3.